The first kappa shape index (κ1) is 24.2. The number of rotatable bonds is 6. The summed E-state index contributed by atoms with van der Waals surface area (Å²) in [4.78, 5) is 58.6. The van der Waals surface area contributed by atoms with Gasteiger partial charge in [-0.3, -0.25) is 9.59 Å². The molecule has 0 N–H and O–H groups in total. The zero-order valence-electron chi connectivity index (χ0n) is 18.5. The summed E-state index contributed by atoms with van der Waals surface area (Å²) < 4.78 is 10.7. The number of hydrogen-bond acceptors (Lipinski definition) is 8. The summed E-state index contributed by atoms with van der Waals surface area (Å²) in [6.07, 6.45) is 4.06. The molecule has 0 bridgehead atoms. The number of carbonyl (C=O) groups excluding carboxylic acids is 4. The van der Waals surface area contributed by atoms with E-state index in [1.54, 1.807) is 27.7 Å². The van der Waals surface area contributed by atoms with E-state index in [-0.39, 0.29) is 23.4 Å². The van der Waals surface area contributed by atoms with Crippen LogP contribution in [-0.2, 0) is 28.8 Å². The summed E-state index contributed by atoms with van der Waals surface area (Å²) in [6, 6.07) is 0. The van der Waals surface area contributed by atoms with Crippen molar-refractivity contribution in [2.24, 2.45) is 11.8 Å². The Hall–Kier alpha value is -2.12. The number of Topliss-reactive ketones (excluding diaryl/α,β-unsaturated/α-hetero) is 2. The minimum Gasteiger partial charge on any atom is -0.417 e. The molecule has 2 aliphatic rings. The largest absolute Gasteiger partial charge is 0.551 e. The van der Waals surface area contributed by atoms with E-state index >= 15 is 0 Å². The Morgan fingerprint density at radius 3 is 1.13 bits per heavy atom. The highest BCUT2D eigenvalue weighted by Crippen LogP contribution is 2.36. The molecule has 2 saturated carbocycles. The summed E-state index contributed by atoms with van der Waals surface area (Å²) >= 11 is 0. The molecule has 0 atom stereocenters. The molecule has 0 spiro atoms. The molecular weight excluding hydrogens is 392 g/mol. The predicted octanol–water partition coefficient (Wildman–Crippen LogP) is 5.06. The van der Waals surface area contributed by atoms with Gasteiger partial charge in [0.1, 0.15) is 0 Å². The smallest absolute Gasteiger partial charge is 0.417 e. The second-order valence-corrected chi connectivity index (χ2v) is 9.02. The van der Waals surface area contributed by atoms with E-state index in [2.05, 4.69) is 9.78 Å². The van der Waals surface area contributed by atoms with Gasteiger partial charge in [0, 0.05) is 11.8 Å². The number of carbonyl (C=O) groups is 4. The summed E-state index contributed by atoms with van der Waals surface area (Å²) in [7, 11) is 0. The van der Waals surface area contributed by atoms with E-state index in [1.807, 2.05) is 0 Å². The third kappa shape index (κ3) is 5.73. The van der Waals surface area contributed by atoms with E-state index in [0.29, 0.717) is 25.7 Å². The van der Waals surface area contributed by atoms with Crippen LogP contribution >= 0.6 is 0 Å². The standard InChI is InChI=1S/C22H34O8/c1-15(2)17(23)21(11-7-5-8-12-21)27-19(25)29-30-20(26)28-22(18(24)16(3)4)13-9-6-10-14-22/h15-16H,5-14H2,1-4H3. The maximum atomic E-state index is 12.6. The maximum absolute atomic E-state index is 12.6. The Balaban J connectivity index is 1.96. The second kappa shape index (κ2) is 10.3. The van der Waals surface area contributed by atoms with Crippen LogP contribution in [-0.4, -0.2) is 35.1 Å². The van der Waals surface area contributed by atoms with Gasteiger partial charge in [-0.15, -0.1) is 0 Å². The average molecular weight is 427 g/mol. The summed E-state index contributed by atoms with van der Waals surface area (Å²) in [5, 5.41) is 0. The van der Waals surface area contributed by atoms with Crippen LogP contribution in [0, 0.1) is 11.8 Å². The number of hydrogen-bond donors (Lipinski definition) is 0. The van der Waals surface area contributed by atoms with Crippen LogP contribution in [0.15, 0.2) is 0 Å². The van der Waals surface area contributed by atoms with Gasteiger partial charge in [0.25, 0.3) is 0 Å². The third-order valence-corrected chi connectivity index (χ3v) is 6.00. The van der Waals surface area contributed by atoms with Crippen LogP contribution in [0.5, 0.6) is 0 Å². The van der Waals surface area contributed by atoms with Gasteiger partial charge in [-0.2, -0.15) is 19.4 Å². The molecule has 0 unspecified atom stereocenters. The fraction of sp³-hybridized carbons (Fsp3) is 0.818. The minimum absolute atomic E-state index is 0.176. The van der Waals surface area contributed by atoms with Crippen LogP contribution in [0.25, 0.3) is 0 Å². The van der Waals surface area contributed by atoms with Crippen molar-refractivity contribution in [2.75, 3.05) is 0 Å². The molecule has 0 amide bonds. The molecule has 2 fully saturated rings. The van der Waals surface area contributed by atoms with Gasteiger partial charge in [-0.05, 0) is 51.4 Å². The van der Waals surface area contributed by atoms with Crippen molar-refractivity contribution in [2.45, 2.75) is 103 Å². The van der Waals surface area contributed by atoms with Gasteiger partial charge in [0.2, 0.25) is 0 Å². The van der Waals surface area contributed by atoms with Crippen LogP contribution in [0.2, 0.25) is 0 Å². The Morgan fingerprint density at radius 1 is 0.567 bits per heavy atom. The monoisotopic (exact) mass is 426 g/mol. The van der Waals surface area contributed by atoms with Crippen molar-refractivity contribution in [3.8, 4) is 0 Å². The summed E-state index contributed by atoms with van der Waals surface area (Å²) in [5.74, 6) is -0.971. The fourth-order valence-corrected chi connectivity index (χ4v) is 4.52. The van der Waals surface area contributed by atoms with Gasteiger partial charge in [-0.25, -0.2) is 0 Å². The molecule has 8 heteroatoms. The van der Waals surface area contributed by atoms with Crippen molar-refractivity contribution in [1.82, 2.24) is 0 Å². The first-order chi connectivity index (χ1) is 14.1. The minimum atomic E-state index is -1.27. The second-order valence-electron chi connectivity index (χ2n) is 9.02. The Labute approximate surface area is 177 Å². The highest BCUT2D eigenvalue weighted by atomic mass is 17.3. The average Bonchev–Trinajstić information content (AvgIpc) is 2.72. The van der Waals surface area contributed by atoms with Crippen molar-refractivity contribution in [3.05, 3.63) is 0 Å². The molecule has 0 heterocycles. The summed E-state index contributed by atoms with van der Waals surface area (Å²) in [6.45, 7) is 6.99. The van der Waals surface area contributed by atoms with E-state index in [9.17, 15) is 19.2 Å². The van der Waals surface area contributed by atoms with Crippen LogP contribution in [0.1, 0.15) is 91.9 Å². The van der Waals surface area contributed by atoms with E-state index in [4.69, 9.17) is 9.47 Å². The number of ether oxygens (including phenoxy) is 2. The normalized spacial score (nSPS) is 20.3. The lowest BCUT2D eigenvalue weighted by atomic mass is 9.78. The molecule has 2 rings (SSSR count). The first-order valence-electron chi connectivity index (χ1n) is 11.0. The van der Waals surface area contributed by atoms with Gasteiger partial charge in [0.15, 0.2) is 22.8 Å². The van der Waals surface area contributed by atoms with Gasteiger partial charge >= 0.3 is 12.3 Å². The fourth-order valence-electron chi connectivity index (χ4n) is 4.52. The molecule has 0 radical (unpaired) electrons. The molecule has 170 valence electrons. The van der Waals surface area contributed by atoms with Crippen LogP contribution < -0.4 is 0 Å². The lowest BCUT2D eigenvalue weighted by Crippen LogP contribution is -2.48. The Kier molecular flexibility index (Phi) is 8.26. The van der Waals surface area contributed by atoms with E-state index in [0.717, 1.165) is 38.5 Å². The van der Waals surface area contributed by atoms with Crippen LogP contribution in [0.4, 0.5) is 9.59 Å². The molecule has 0 aromatic rings. The van der Waals surface area contributed by atoms with E-state index in [1.165, 1.54) is 0 Å². The van der Waals surface area contributed by atoms with Crippen molar-refractivity contribution >= 4 is 23.9 Å². The Morgan fingerprint density at radius 2 is 0.867 bits per heavy atom. The Bertz CT molecular complexity index is 584. The lowest BCUT2D eigenvalue weighted by molar-refractivity contribution is -0.238. The number of ketones is 2. The van der Waals surface area contributed by atoms with E-state index < -0.39 is 23.5 Å². The molecule has 0 aromatic heterocycles. The highest BCUT2D eigenvalue weighted by Gasteiger charge is 2.46. The molecular formula is C22H34O8. The molecule has 0 aromatic carbocycles. The molecule has 0 aliphatic heterocycles. The summed E-state index contributed by atoms with van der Waals surface area (Å²) in [5.41, 5.74) is -2.51. The topological polar surface area (TPSA) is 105 Å². The quantitative estimate of drug-likeness (QED) is 0.329. The molecule has 30 heavy (non-hydrogen) atoms. The van der Waals surface area contributed by atoms with Crippen LogP contribution in [0.3, 0.4) is 0 Å². The zero-order valence-corrected chi connectivity index (χ0v) is 18.5. The van der Waals surface area contributed by atoms with Crippen molar-refractivity contribution < 1.29 is 38.4 Å². The molecule has 2 aliphatic carbocycles. The molecule has 8 nitrogen and oxygen atoms in total. The van der Waals surface area contributed by atoms with Crippen molar-refractivity contribution in [3.63, 3.8) is 0 Å². The predicted molar refractivity (Wildman–Crippen MR) is 106 cm³/mol. The van der Waals surface area contributed by atoms with Crippen molar-refractivity contribution in [1.29, 1.82) is 0 Å². The third-order valence-electron chi connectivity index (χ3n) is 6.00. The lowest BCUT2D eigenvalue weighted by Gasteiger charge is -2.36. The van der Waals surface area contributed by atoms with Gasteiger partial charge < -0.3 is 9.47 Å². The SMILES string of the molecule is CC(C)C(=O)C1(OC(=O)OOC(=O)OC2(C(=O)C(C)C)CCCCC2)CCCCC1. The molecule has 0 saturated heterocycles. The van der Waals surface area contributed by atoms with Gasteiger partial charge in [0.05, 0.1) is 0 Å². The maximum Gasteiger partial charge on any atom is 0.551 e. The highest BCUT2D eigenvalue weighted by molar-refractivity contribution is 5.91. The van der Waals surface area contributed by atoms with Gasteiger partial charge in [-0.1, -0.05) is 40.5 Å². The zero-order chi connectivity index (χ0) is 22.4. The first-order valence-corrected chi connectivity index (χ1v) is 11.0.